The van der Waals surface area contributed by atoms with Gasteiger partial charge in [0.2, 0.25) is 0 Å². The molecule has 0 heterocycles. The van der Waals surface area contributed by atoms with Gasteiger partial charge in [-0.2, -0.15) is 13.2 Å². The minimum absolute atomic E-state index is 0.0633. The van der Waals surface area contributed by atoms with Crippen LogP contribution in [0.3, 0.4) is 0 Å². The lowest BCUT2D eigenvalue weighted by molar-refractivity contribution is -0.137. The van der Waals surface area contributed by atoms with E-state index in [1.54, 1.807) is 19.1 Å². The summed E-state index contributed by atoms with van der Waals surface area (Å²) in [5, 5.41) is 2.62. The van der Waals surface area contributed by atoms with Gasteiger partial charge in [0.05, 0.1) is 28.4 Å². The number of rotatable bonds is 4. The van der Waals surface area contributed by atoms with Gasteiger partial charge in [-0.3, -0.25) is 4.79 Å². The minimum Gasteiger partial charge on any atom is -0.492 e. The smallest absolute Gasteiger partial charge is 0.416 e. The molecule has 0 atom stereocenters. The number of nitrogens with one attached hydrogen (secondary N) is 1. The SMILES string of the molecule is CCOc1ccc(C(F)(F)F)cc1NC(=O)c1ccccc1Cl. The Kier molecular flexibility index (Phi) is 5.15. The molecule has 3 nitrogen and oxygen atoms in total. The summed E-state index contributed by atoms with van der Waals surface area (Å²) in [4.78, 5) is 12.2. The van der Waals surface area contributed by atoms with E-state index in [2.05, 4.69) is 5.32 Å². The Balaban J connectivity index is 2.36. The van der Waals surface area contributed by atoms with Gasteiger partial charge in [0, 0.05) is 0 Å². The summed E-state index contributed by atoms with van der Waals surface area (Å²) >= 11 is 5.92. The van der Waals surface area contributed by atoms with Crippen LogP contribution in [0.5, 0.6) is 5.75 Å². The van der Waals surface area contributed by atoms with Crippen LogP contribution in [0.15, 0.2) is 42.5 Å². The van der Waals surface area contributed by atoms with Crippen molar-refractivity contribution in [3.63, 3.8) is 0 Å². The first-order valence-electron chi connectivity index (χ1n) is 6.73. The number of carbonyl (C=O) groups is 1. The predicted molar refractivity (Wildman–Crippen MR) is 82.0 cm³/mol. The molecule has 7 heteroatoms. The molecule has 0 aliphatic rings. The van der Waals surface area contributed by atoms with Gasteiger partial charge in [-0.25, -0.2) is 0 Å². The second-order valence-electron chi connectivity index (χ2n) is 4.58. The van der Waals surface area contributed by atoms with Gasteiger partial charge < -0.3 is 10.1 Å². The second kappa shape index (κ2) is 6.91. The fourth-order valence-electron chi connectivity index (χ4n) is 1.92. The molecule has 0 aliphatic heterocycles. The van der Waals surface area contributed by atoms with Gasteiger partial charge in [-0.05, 0) is 37.3 Å². The molecule has 1 N–H and O–H groups in total. The first-order valence-corrected chi connectivity index (χ1v) is 7.10. The van der Waals surface area contributed by atoms with E-state index in [0.717, 1.165) is 12.1 Å². The molecule has 0 spiro atoms. The van der Waals surface area contributed by atoms with Crippen LogP contribution in [-0.4, -0.2) is 12.5 Å². The molecule has 0 saturated carbocycles. The summed E-state index contributed by atoms with van der Waals surface area (Å²) in [7, 11) is 0. The maximum Gasteiger partial charge on any atom is 0.416 e. The highest BCUT2D eigenvalue weighted by Gasteiger charge is 2.31. The highest BCUT2D eigenvalue weighted by atomic mass is 35.5. The monoisotopic (exact) mass is 343 g/mol. The summed E-state index contributed by atoms with van der Waals surface area (Å²) in [6.07, 6.45) is -4.52. The van der Waals surface area contributed by atoms with Crippen LogP contribution in [0.4, 0.5) is 18.9 Å². The Hall–Kier alpha value is -2.21. The zero-order valence-electron chi connectivity index (χ0n) is 12.1. The maximum absolute atomic E-state index is 12.8. The number of alkyl halides is 3. The molecule has 0 saturated heterocycles. The normalized spacial score (nSPS) is 11.2. The molecule has 0 radical (unpaired) electrons. The topological polar surface area (TPSA) is 38.3 Å². The largest absolute Gasteiger partial charge is 0.492 e. The van der Waals surface area contributed by atoms with Crippen molar-refractivity contribution in [1.29, 1.82) is 0 Å². The average Bonchev–Trinajstić information content (AvgIpc) is 2.48. The Morgan fingerprint density at radius 2 is 1.91 bits per heavy atom. The molecule has 2 aromatic carbocycles. The van der Waals surface area contributed by atoms with E-state index in [9.17, 15) is 18.0 Å². The van der Waals surface area contributed by atoms with E-state index in [1.807, 2.05) is 0 Å². The molecule has 0 bridgehead atoms. The van der Waals surface area contributed by atoms with Crippen LogP contribution >= 0.6 is 11.6 Å². The predicted octanol–water partition coefficient (Wildman–Crippen LogP) is 5.01. The lowest BCUT2D eigenvalue weighted by Crippen LogP contribution is -2.15. The lowest BCUT2D eigenvalue weighted by atomic mass is 10.1. The van der Waals surface area contributed by atoms with Crippen LogP contribution in [0, 0.1) is 0 Å². The van der Waals surface area contributed by atoms with Crippen molar-refractivity contribution in [2.45, 2.75) is 13.1 Å². The molecule has 0 unspecified atom stereocenters. The molecule has 122 valence electrons. The number of carbonyl (C=O) groups excluding carboxylic acids is 1. The molecule has 1 amide bonds. The summed E-state index contributed by atoms with van der Waals surface area (Å²) in [6.45, 7) is 1.94. The Bertz CT molecular complexity index is 717. The fourth-order valence-corrected chi connectivity index (χ4v) is 2.14. The van der Waals surface area contributed by atoms with Crippen molar-refractivity contribution in [2.75, 3.05) is 11.9 Å². The molecule has 0 fully saturated rings. The van der Waals surface area contributed by atoms with Gasteiger partial charge >= 0.3 is 6.18 Å². The molecule has 0 aliphatic carbocycles. The number of ether oxygens (including phenoxy) is 1. The van der Waals surface area contributed by atoms with Crippen molar-refractivity contribution >= 4 is 23.2 Å². The average molecular weight is 344 g/mol. The van der Waals surface area contributed by atoms with Crippen LogP contribution in [-0.2, 0) is 6.18 Å². The molecule has 2 rings (SSSR count). The third-order valence-corrected chi connectivity index (χ3v) is 3.30. The van der Waals surface area contributed by atoms with E-state index >= 15 is 0 Å². The van der Waals surface area contributed by atoms with E-state index in [1.165, 1.54) is 18.2 Å². The van der Waals surface area contributed by atoms with Crippen LogP contribution in [0.25, 0.3) is 0 Å². The number of hydrogen-bond acceptors (Lipinski definition) is 2. The molecular weight excluding hydrogens is 331 g/mol. The number of amides is 1. The van der Waals surface area contributed by atoms with Crippen molar-refractivity contribution in [1.82, 2.24) is 0 Å². The first-order chi connectivity index (χ1) is 10.8. The van der Waals surface area contributed by atoms with Crippen LogP contribution in [0.1, 0.15) is 22.8 Å². The Labute approximate surface area is 136 Å². The van der Waals surface area contributed by atoms with Crippen molar-refractivity contribution in [3.8, 4) is 5.75 Å². The molecular formula is C16H13ClF3NO2. The lowest BCUT2D eigenvalue weighted by Gasteiger charge is -2.15. The summed E-state index contributed by atoms with van der Waals surface area (Å²) < 4.78 is 43.8. The summed E-state index contributed by atoms with van der Waals surface area (Å²) in [6, 6.07) is 9.16. The third-order valence-electron chi connectivity index (χ3n) is 2.97. The molecule has 23 heavy (non-hydrogen) atoms. The standard InChI is InChI=1S/C16H13ClF3NO2/c1-2-23-14-8-7-10(16(18,19)20)9-13(14)21-15(22)11-5-3-4-6-12(11)17/h3-9H,2H2,1H3,(H,21,22). The maximum atomic E-state index is 12.8. The van der Waals surface area contributed by atoms with Crippen LogP contribution < -0.4 is 10.1 Å². The highest BCUT2D eigenvalue weighted by molar-refractivity contribution is 6.34. The second-order valence-corrected chi connectivity index (χ2v) is 4.98. The van der Waals surface area contributed by atoms with Gasteiger partial charge in [-0.15, -0.1) is 0 Å². The van der Waals surface area contributed by atoms with Crippen molar-refractivity contribution < 1.29 is 22.7 Å². The van der Waals surface area contributed by atoms with Gasteiger partial charge in [-0.1, -0.05) is 23.7 Å². The third kappa shape index (κ3) is 4.16. The number of halogens is 4. The minimum atomic E-state index is -4.52. The number of anilines is 1. The van der Waals surface area contributed by atoms with Gasteiger partial charge in [0.1, 0.15) is 5.75 Å². The summed E-state index contributed by atoms with van der Waals surface area (Å²) in [5.74, 6) is -0.461. The van der Waals surface area contributed by atoms with Crippen molar-refractivity contribution in [3.05, 3.63) is 58.6 Å². The number of hydrogen-bond donors (Lipinski definition) is 1. The molecule has 2 aromatic rings. The highest BCUT2D eigenvalue weighted by Crippen LogP contribution is 2.35. The molecule has 0 aromatic heterocycles. The van der Waals surface area contributed by atoms with Gasteiger partial charge in [0.15, 0.2) is 0 Å². The Morgan fingerprint density at radius 1 is 1.22 bits per heavy atom. The number of benzene rings is 2. The van der Waals surface area contributed by atoms with Crippen molar-refractivity contribution in [2.24, 2.45) is 0 Å². The first kappa shape index (κ1) is 17.1. The van der Waals surface area contributed by atoms with Gasteiger partial charge in [0.25, 0.3) is 5.91 Å². The van der Waals surface area contributed by atoms with E-state index in [0.29, 0.717) is 0 Å². The van der Waals surface area contributed by atoms with E-state index in [-0.39, 0.29) is 28.6 Å². The van der Waals surface area contributed by atoms with E-state index < -0.39 is 17.6 Å². The zero-order valence-corrected chi connectivity index (χ0v) is 12.8. The zero-order chi connectivity index (χ0) is 17.0. The quantitative estimate of drug-likeness (QED) is 0.847. The fraction of sp³-hybridized carbons (Fsp3) is 0.188. The summed E-state index contributed by atoms with van der Waals surface area (Å²) in [5.41, 5.74) is -0.781. The van der Waals surface area contributed by atoms with Crippen LogP contribution in [0.2, 0.25) is 5.02 Å². The Morgan fingerprint density at radius 3 is 2.52 bits per heavy atom. The van der Waals surface area contributed by atoms with E-state index in [4.69, 9.17) is 16.3 Å².